The molecule has 27 heavy (non-hydrogen) atoms. The van der Waals surface area contributed by atoms with Gasteiger partial charge in [0, 0.05) is 23.4 Å². The van der Waals surface area contributed by atoms with E-state index in [1.54, 1.807) is 30.5 Å². The summed E-state index contributed by atoms with van der Waals surface area (Å²) >= 11 is 6.10. The molecule has 2 aromatic rings. The van der Waals surface area contributed by atoms with Gasteiger partial charge in [0.15, 0.2) is 0 Å². The van der Waals surface area contributed by atoms with E-state index < -0.39 is 5.82 Å². The van der Waals surface area contributed by atoms with E-state index in [-0.39, 0.29) is 11.9 Å². The van der Waals surface area contributed by atoms with E-state index in [2.05, 4.69) is 31.1 Å². The number of benzene rings is 1. The fourth-order valence-electron chi connectivity index (χ4n) is 3.80. The molecule has 144 valence electrons. The van der Waals surface area contributed by atoms with Crippen molar-refractivity contribution in [3.05, 3.63) is 52.9 Å². The number of nitrogens with zero attached hydrogens (tertiary/aromatic N) is 1. The summed E-state index contributed by atoms with van der Waals surface area (Å²) in [4.78, 5) is 16.7. The first kappa shape index (κ1) is 19.8. The Morgan fingerprint density at radius 3 is 2.48 bits per heavy atom. The van der Waals surface area contributed by atoms with Crippen molar-refractivity contribution in [1.29, 1.82) is 0 Å². The van der Waals surface area contributed by atoms with Crippen molar-refractivity contribution >= 4 is 17.5 Å². The molecule has 0 bridgehead atoms. The second-order valence-corrected chi connectivity index (χ2v) is 8.82. The number of hydrogen-bond donors (Lipinski definition) is 1. The maximum Gasteiger partial charge on any atom is 0.251 e. The highest BCUT2D eigenvalue weighted by molar-refractivity contribution is 6.33. The molecule has 5 heteroatoms. The van der Waals surface area contributed by atoms with Crippen LogP contribution in [0.3, 0.4) is 0 Å². The van der Waals surface area contributed by atoms with E-state index in [0.717, 1.165) is 25.7 Å². The molecule has 1 amide bonds. The first-order valence-electron chi connectivity index (χ1n) is 9.47. The minimum atomic E-state index is -0.500. The second-order valence-electron chi connectivity index (χ2n) is 8.42. The summed E-state index contributed by atoms with van der Waals surface area (Å²) in [5.74, 6) is -0.0445. The fourth-order valence-corrected chi connectivity index (χ4v) is 4.03. The van der Waals surface area contributed by atoms with E-state index in [9.17, 15) is 9.18 Å². The highest BCUT2D eigenvalue weighted by Crippen LogP contribution is 2.37. The number of carbonyl (C=O) groups excluding carboxylic acids is 1. The molecule has 1 aliphatic rings. The van der Waals surface area contributed by atoms with Gasteiger partial charge >= 0.3 is 0 Å². The van der Waals surface area contributed by atoms with Crippen molar-refractivity contribution in [2.45, 2.75) is 52.5 Å². The molecule has 1 aromatic heterocycles. The second kappa shape index (κ2) is 7.97. The number of halogens is 2. The average Bonchev–Trinajstić information content (AvgIpc) is 2.62. The van der Waals surface area contributed by atoms with Gasteiger partial charge in [-0.3, -0.25) is 9.78 Å². The Labute approximate surface area is 165 Å². The maximum absolute atomic E-state index is 14.6. The number of carbonyl (C=O) groups is 1. The molecule has 0 unspecified atom stereocenters. The quantitative estimate of drug-likeness (QED) is 0.713. The Morgan fingerprint density at radius 2 is 1.89 bits per heavy atom. The highest BCUT2D eigenvalue weighted by Gasteiger charge is 2.30. The third-order valence-corrected chi connectivity index (χ3v) is 5.84. The molecule has 0 saturated heterocycles. The van der Waals surface area contributed by atoms with Crippen molar-refractivity contribution in [2.75, 3.05) is 0 Å². The Hall–Kier alpha value is -1.94. The zero-order chi connectivity index (χ0) is 19.6. The molecule has 3 rings (SSSR count). The van der Waals surface area contributed by atoms with Gasteiger partial charge in [-0.15, -0.1) is 0 Å². The van der Waals surface area contributed by atoms with Crippen molar-refractivity contribution in [1.82, 2.24) is 10.3 Å². The van der Waals surface area contributed by atoms with Crippen LogP contribution in [0.1, 0.15) is 56.8 Å². The number of nitrogens with one attached hydrogen (secondary N) is 1. The first-order valence-corrected chi connectivity index (χ1v) is 9.85. The number of aromatic nitrogens is 1. The van der Waals surface area contributed by atoms with Gasteiger partial charge < -0.3 is 5.32 Å². The van der Waals surface area contributed by atoms with E-state index in [0.29, 0.717) is 33.2 Å². The molecule has 1 saturated carbocycles. The van der Waals surface area contributed by atoms with Crippen LogP contribution in [0.5, 0.6) is 0 Å². The summed E-state index contributed by atoms with van der Waals surface area (Å²) in [7, 11) is 0. The van der Waals surface area contributed by atoms with E-state index in [1.165, 1.54) is 6.07 Å². The predicted molar refractivity (Wildman–Crippen MR) is 107 cm³/mol. The van der Waals surface area contributed by atoms with Gasteiger partial charge in [-0.1, -0.05) is 32.4 Å². The van der Waals surface area contributed by atoms with Crippen LogP contribution in [-0.4, -0.2) is 16.9 Å². The first-order chi connectivity index (χ1) is 12.8. The van der Waals surface area contributed by atoms with E-state index in [4.69, 9.17) is 11.6 Å². The number of hydrogen-bond acceptors (Lipinski definition) is 2. The van der Waals surface area contributed by atoms with Crippen LogP contribution >= 0.6 is 11.6 Å². The SMILES string of the molecule is CC(C)(C)C1CCC(NC(=O)c2ccc(-c3ncccc3Cl)c(F)c2)CC1. The van der Waals surface area contributed by atoms with Gasteiger partial charge in [-0.25, -0.2) is 4.39 Å². The Balaban J connectivity index is 1.66. The number of pyridine rings is 1. The lowest BCUT2D eigenvalue weighted by Crippen LogP contribution is -2.39. The summed E-state index contributed by atoms with van der Waals surface area (Å²) in [6.07, 6.45) is 5.73. The Kier molecular flexibility index (Phi) is 5.85. The molecular weight excluding hydrogens is 363 g/mol. The molecule has 3 nitrogen and oxygen atoms in total. The topological polar surface area (TPSA) is 42.0 Å². The molecule has 1 aliphatic carbocycles. The van der Waals surface area contributed by atoms with Crippen molar-refractivity contribution in [3.63, 3.8) is 0 Å². The zero-order valence-corrected chi connectivity index (χ0v) is 16.8. The third-order valence-electron chi connectivity index (χ3n) is 5.53. The molecule has 0 spiro atoms. The average molecular weight is 389 g/mol. The van der Waals surface area contributed by atoms with Gasteiger partial charge in [0.1, 0.15) is 5.82 Å². The van der Waals surface area contributed by atoms with Crippen LogP contribution < -0.4 is 5.32 Å². The predicted octanol–water partition coefficient (Wildman–Crippen LogP) is 5.88. The minimum Gasteiger partial charge on any atom is -0.349 e. The molecule has 0 atom stereocenters. The summed E-state index contributed by atoms with van der Waals surface area (Å²) in [5.41, 5.74) is 1.30. The van der Waals surface area contributed by atoms with E-state index in [1.807, 2.05) is 0 Å². The van der Waals surface area contributed by atoms with Crippen molar-refractivity contribution in [2.24, 2.45) is 11.3 Å². The van der Waals surface area contributed by atoms with Crippen molar-refractivity contribution in [3.8, 4) is 11.3 Å². The van der Waals surface area contributed by atoms with Gasteiger partial charge in [0.05, 0.1) is 10.7 Å². The molecule has 1 N–H and O–H groups in total. The Morgan fingerprint density at radius 1 is 1.19 bits per heavy atom. The van der Waals surface area contributed by atoms with Crippen LogP contribution in [0.25, 0.3) is 11.3 Å². The zero-order valence-electron chi connectivity index (χ0n) is 16.1. The summed E-state index contributed by atoms with van der Waals surface area (Å²) < 4.78 is 14.6. The smallest absolute Gasteiger partial charge is 0.251 e. The molecule has 1 aromatic carbocycles. The fraction of sp³-hybridized carbons (Fsp3) is 0.455. The summed E-state index contributed by atoms with van der Waals surface area (Å²) in [5, 5.41) is 3.44. The van der Waals surface area contributed by atoms with Gasteiger partial charge in [-0.05, 0) is 67.3 Å². The van der Waals surface area contributed by atoms with Gasteiger partial charge in [0.2, 0.25) is 0 Å². The number of rotatable bonds is 3. The van der Waals surface area contributed by atoms with Crippen LogP contribution in [0, 0.1) is 17.2 Å². The monoisotopic (exact) mass is 388 g/mol. The van der Waals surface area contributed by atoms with Gasteiger partial charge in [-0.2, -0.15) is 0 Å². The summed E-state index contributed by atoms with van der Waals surface area (Å²) in [6, 6.07) is 7.96. The van der Waals surface area contributed by atoms with Crippen LogP contribution in [-0.2, 0) is 0 Å². The van der Waals surface area contributed by atoms with E-state index >= 15 is 0 Å². The molecule has 0 radical (unpaired) electrons. The van der Waals surface area contributed by atoms with Crippen LogP contribution in [0.2, 0.25) is 5.02 Å². The lowest BCUT2D eigenvalue weighted by Gasteiger charge is -2.37. The molecular formula is C22H26ClFN2O. The minimum absolute atomic E-state index is 0.157. The number of amides is 1. The van der Waals surface area contributed by atoms with Crippen LogP contribution in [0.4, 0.5) is 4.39 Å². The largest absolute Gasteiger partial charge is 0.349 e. The van der Waals surface area contributed by atoms with Crippen LogP contribution in [0.15, 0.2) is 36.5 Å². The molecule has 0 aliphatic heterocycles. The Bertz CT molecular complexity index is 823. The lowest BCUT2D eigenvalue weighted by atomic mass is 9.71. The molecule has 1 fully saturated rings. The normalized spacial score (nSPS) is 20.3. The maximum atomic E-state index is 14.6. The van der Waals surface area contributed by atoms with Crippen molar-refractivity contribution < 1.29 is 9.18 Å². The standard InChI is InChI=1S/C22H26ClFN2O/c1-22(2,3)15-7-9-16(10-8-15)26-21(27)14-6-11-17(19(24)13-14)20-18(23)5-4-12-25-20/h4-6,11-13,15-16H,7-10H2,1-3H3,(H,26,27). The lowest BCUT2D eigenvalue weighted by molar-refractivity contribution is 0.0903. The molecule has 1 heterocycles. The van der Waals surface area contributed by atoms with Gasteiger partial charge in [0.25, 0.3) is 5.91 Å². The third kappa shape index (κ3) is 4.67. The summed E-state index contributed by atoms with van der Waals surface area (Å²) in [6.45, 7) is 6.82. The highest BCUT2D eigenvalue weighted by atomic mass is 35.5.